The van der Waals surface area contributed by atoms with E-state index in [-0.39, 0.29) is 5.56 Å². The highest BCUT2D eigenvalue weighted by atomic mass is 35.5. The van der Waals surface area contributed by atoms with Crippen LogP contribution in [0.2, 0.25) is 5.02 Å². The molecule has 142 valence electrons. The molecule has 1 amide bonds. The molecular formula is C20H15ClN2O4S. The Kier molecular flexibility index (Phi) is 6.52. The zero-order valence-electron chi connectivity index (χ0n) is 14.5. The van der Waals surface area contributed by atoms with Crippen molar-refractivity contribution in [2.45, 2.75) is 9.79 Å². The van der Waals surface area contributed by atoms with Gasteiger partial charge in [0, 0.05) is 21.0 Å². The molecule has 3 aromatic rings. The number of nitrogens with one attached hydrogen (secondary N) is 2. The molecule has 0 atom stereocenters. The monoisotopic (exact) mass is 414 g/mol. The number of ether oxygens (including phenoxy) is 1. The maximum absolute atomic E-state index is 12.2. The Bertz CT molecular complexity index is 1050. The maximum atomic E-state index is 12.2. The van der Waals surface area contributed by atoms with Crippen molar-refractivity contribution in [2.24, 2.45) is 0 Å². The molecule has 2 N–H and O–H groups in total. The lowest BCUT2D eigenvalue weighted by Gasteiger charge is -2.11. The number of hydrogen-bond acceptors (Lipinski definition) is 5. The first kappa shape index (κ1) is 19.7. The fourth-order valence-electron chi connectivity index (χ4n) is 2.27. The number of para-hydroxylation sites is 1. The number of carbonyl (C=O) groups is 2. The van der Waals surface area contributed by atoms with E-state index in [0.717, 1.165) is 9.79 Å². The Morgan fingerprint density at radius 2 is 1.79 bits per heavy atom. The molecule has 0 aliphatic heterocycles. The van der Waals surface area contributed by atoms with Gasteiger partial charge in [0.05, 0.1) is 5.69 Å². The number of esters is 1. The summed E-state index contributed by atoms with van der Waals surface area (Å²) >= 11 is 7.36. The number of rotatable bonds is 6. The topological polar surface area (TPSA) is 88.3 Å². The molecule has 3 rings (SSSR count). The highest BCUT2D eigenvalue weighted by molar-refractivity contribution is 7.99. The van der Waals surface area contributed by atoms with Gasteiger partial charge in [-0.1, -0.05) is 35.5 Å². The van der Waals surface area contributed by atoms with E-state index in [9.17, 15) is 14.4 Å². The van der Waals surface area contributed by atoms with E-state index in [1.165, 1.54) is 30.1 Å². The molecule has 0 fully saturated rings. The van der Waals surface area contributed by atoms with Gasteiger partial charge in [-0.25, -0.2) is 4.79 Å². The van der Waals surface area contributed by atoms with E-state index in [0.29, 0.717) is 10.7 Å². The molecule has 0 aliphatic carbocycles. The molecule has 28 heavy (non-hydrogen) atoms. The van der Waals surface area contributed by atoms with Gasteiger partial charge in [0.2, 0.25) is 0 Å². The van der Waals surface area contributed by atoms with E-state index in [4.69, 9.17) is 16.3 Å². The van der Waals surface area contributed by atoms with Crippen molar-refractivity contribution in [1.29, 1.82) is 0 Å². The van der Waals surface area contributed by atoms with Crippen LogP contribution in [0.15, 0.2) is 81.4 Å². The molecular weight excluding hydrogens is 400 g/mol. The van der Waals surface area contributed by atoms with Gasteiger partial charge < -0.3 is 15.0 Å². The molecule has 1 aromatic heterocycles. The predicted molar refractivity (Wildman–Crippen MR) is 108 cm³/mol. The van der Waals surface area contributed by atoms with Crippen LogP contribution >= 0.6 is 23.4 Å². The third-order valence-electron chi connectivity index (χ3n) is 3.58. The zero-order valence-corrected chi connectivity index (χ0v) is 16.0. The maximum Gasteiger partial charge on any atom is 0.344 e. The standard InChI is InChI=1S/C20H15ClN2O4S/c21-13-7-9-14(10-8-13)28-17-6-2-1-5-16(17)23-18(24)12-27-20(26)15-4-3-11-22-19(15)25/h1-11H,12H2,(H,22,25)(H,23,24). The first-order valence-corrected chi connectivity index (χ1v) is 9.39. The fraction of sp³-hybridized carbons (Fsp3) is 0.0500. The first-order chi connectivity index (χ1) is 13.5. The van der Waals surface area contributed by atoms with E-state index >= 15 is 0 Å². The summed E-state index contributed by atoms with van der Waals surface area (Å²) in [5.74, 6) is -1.37. The highest BCUT2D eigenvalue weighted by Gasteiger charge is 2.14. The van der Waals surface area contributed by atoms with Crippen LogP contribution in [0, 0.1) is 0 Å². The SMILES string of the molecule is O=C(COC(=O)c1ccc[nH]c1=O)Nc1ccccc1Sc1ccc(Cl)cc1. The van der Waals surface area contributed by atoms with Crippen LogP contribution in [0.1, 0.15) is 10.4 Å². The number of hydrogen-bond donors (Lipinski definition) is 2. The molecule has 0 saturated carbocycles. The summed E-state index contributed by atoms with van der Waals surface area (Å²) < 4.78 is 4.92. The van der Waals surface area contributed by atoms with Crippen LogP contribution in [-0.2, 0) is 9.53 Å². The first-order valence-electron chi connectivity index (χ1n) is 8.20. The quantitative estimate of drug-likeness (QED) is 0.596. The summed E-state index contributed by atoms with van der Waals surface area (Å²) in [5.41, 5.74) is -0.146. The van der Waals surface area contributed by atoms with Crippen LogP contribution in [0.4, 0.5) is 5.69 Å². The van der Waals surface area contributed by atoms with Gasteiger partial charge in [-0.2, -0.15) is 0 Å². The summed E-state index contributed by atoms with van der Waals surface area (Å²) in [6.45, 7) is -0.507. The van der Waals surface area contributed by atoms with Crippen LogP contribution < -0.4 is 10.9 Å². The lowest BCUT2D eigenvalue weighted by Crippen LogP contribution is -2.24. The van der Waals surface area contributed by atoms with Gasteiger partial charge in [0.15, 0.2) is 6.61 Å². The minimum absolute atomic E-state index is 0.158. The third kappa shape index (κ3) is 5.25. The Labute approximate surface area is 169 Å². The molecule has 6 nitrogen and oxygen atoms in total. The van der Waals surface area contributed by atoms with E-state index in [2.05, 4.69) is 10.3 Å². The summed E-state index contributed by atoms with van der Waals surface area (Å²) in [4.78, 5) is 39.8. The Morgan fingerprint density at radius 3 is 2.54 bits per heavy atom. The largest absolute Gasteiger partial charge is 0.452 e. The molecule has 0 bridgehead atoms. The zero-order chi connectivity index (χ0) is 19.9. The van der Waals surface area contributed by atoms with Gasteiger partial charge in [0.1, 0.15) is 5.56 Å². The van der Waals surface area contributed by atoms with E-state index in [1.54, 1.807) is 24.3 Å². The number of carbonyl (C=O) groups excluding carboxylic acids is 2. The number of H-pyrrole nitrogens is 1. The van der Waals surface area contributed by atoms with Crippen molar-refractivity contribution < 1.29 is 14.3 Å². The number of pyridine rings is 1. The summed E-state index contributed by atoms with van der Waals surface area (Å²) in [6.07, 6.45) is 1.40. The average molecular weight is 415 g/mol. The van der Waals surface area contributed by atoms with Gasteiger partial charge in [0.25, 0.3) is 11.5 Å². The highest BCUT2D eigenvalue weighted by Crippen LogP contribution is 2.33. The second kappa shape index (κ2) is 9.25. The number of aromatic amines is 1. The average Bonchev–Trinajstić information content (AvgIpc) is 2.70. The van der Waals surface area contributed by atoms with Crippen molar-refractivity contribution in [2.75, 3.05) is 11.9 Å². The second-order valence-electron chi connectivity index (χ2n) is 5.59. The van der Waals surface area contributed by atoms with Crippen molar-refractivity contribution in [3.05, 3.63) is 87.8 Å². The molecule has 0 spiro atoms. The number of halogens is 1. The fourth-order valence-corrected chi connectivity index (χ4v) is 3.29. The van der Waals surface area contributed by atoms with Gasteiger partial charge in [-0.3, -0.25) is 9.59 Å². The van der Waals surface area contributed by atoms with Gasteiger partial charge in [-0.05, 0) is 48.5 Å². The Morgan fingerprint density at radius 1 is 1.04 bits per heavy atom. The number of amides is 1. The van der Waals surface area contributed by atoms with Crippen molar-refractivity contribution in [3.8, 4) is 0 Å². The van der Waals surface area contributed by atoms with Gasteiger partial charge >= 0.3 is 5.97 Å². The van der Waals surface area contributed by atoms with Crippen molar-refractivity contribution >= 4 is 40.9 Å². The van der Waals surface area contributed by atoms with Crippen molar-refractivity contribution in [1.82, 2.24) is 4.98 Å². The molecule has 0 unspecified atom stereocenters. The summed E-state index contributed by atoms with van der Waals surface area (Å²) in [6, 6.07) is 17.4. The lowest BCUT2D eigenvalue weighted by atomic mass is 10.3. The molecule has 0 radical (unpaired) electrons. The minimum Gasteiger partial charge on any atom is -0.452 e. The Hall–Kier alpha value is -3.03. The predicted octanol–water partition coefficient (Wildman–Crippen LogP) is 3.98. The lowest BCUT2D eigenvalue weighted by molar-refractivity contribution is -0.119. The van der Waals surface area contributed by atoms with Crippen LogP contribution in [0.25, 0.3) is 0 Å². The summed E-state index contributed by atoms with van der Waals surface area (Å²) in [5, 5.41) is 3.36. The molecule has 2 aromatic carbocycles. The number of benzene rings is 2. The molecule has 0 aliphatic rings. The number of anilines is 1. The smallest absolute Gasteiger partial charge is 0.344 e. The number of aromatic nitrogens is 1. The molecule has 8 heteroatoms. The van der Waals surface area contributed by atoms with Gasteiger partial charge in [-0.15, -0.1) is 0 Å². The van der Waals surface area contributed by atoms with Crippen molar-refractivity contribution in [3.63, 3.8) is 0 Å². The Balaban J connectivity index is 1.63. The minimum atomic E-state index is -0.860. The van der Waals surface area contributed by atoms with E-state index in [1.807, 2.05) is 24.3 Å². The third-order valence-corrected chi connectivity index (χ3v) is 4.91. The normalized spacial score (nSPS) is 10.3. The van der Waals surface area contributed by atoms with Crippen LogP contribution in [-0.4, -0.2) is 23.5 Å². The van der Waals surface area contributed by atoms with Crippen LogP contribution in [0.5, 0.6) is 0 Å². The van der Waals surface area contributed by atoms with E-state index < -0.39 is 24.0 Å². The second-order valence-corrected chi connectivity index (χ2v) is 7.14. The van der Waals surface area contributed by atoms with Crippen LogP contribution in [0.3, 0.4) is 0 Å². The molecule has 1 heterocycles. The molecule has 0 saturated heterocycles. The summed E-state index contributed by atoms with van der Waals surface area (Å²) in [7, 11) is 0.